The Kier molecular flexibility index (Phi) is 3.02. The van der Waals surface area contributed by atoms with Crippen molar-refractivity contribution < 1.29 is 0 Å². The summed E-state index contributed by atoms with van der Waals surface area (Å²) in [4.78, 5) is 9.08. The summed E-state index contributed by atoms with van der Waals surface area (Å²) in [6, 6.07) is 7.93. The van der Waals surface area contributed by atoms with E-state index in [9.17, 15) is 0 Å². The predicted octanol–water partition coefficient (Wildman–Crippen LogP) is 3.22. The molecular formula is C12H12N2S. The van der Waals surface area contributed by atoms with Crippen LogP contribution in [0, 0.1) is 6.92 Å². The number of benzene rings is 1. The molecule has 0 saturated heterocycles. The summed E-state index contributed by atoms with van der Waals surface area (Å²) in [6.45, 7) is 5.69. The van der Waals surface area contributed by atoms with E-state index in [2.05, 4.69) is 16.5 Å². The molecule has 0 amide bonds. The lowest BCUT2D eigenvalue weighted by Crippen LogP contribution is -1.92. The number of hydrogen-bond donors (Lipinski definition) is 0. The normalized spacial score (nSPS) is 10.5. The van der Waals surface area contributed by atoms with Gasteiger partial charge in [0.2, 0.25) is 0 Å². The van der Waals surface area contributed by atoms with Gasteiger partial charge in [-0.3, -0.25) is 0 Å². The number of para-hydroxylation sites is 2. The standard InChI is InChI=1S/C12H12N2S/c1-3-8-15-12-9(2)13-10-6-4-5-7-11(10)14-12/h3-7H,1,8H2,2H3. The summed E-state index contributed by atoms with van der Waals surface area (Å²) in [6.07, 6.45) is 1.88. The topological polar surface area (TPSA) is 25.8 Å². The van der Waals surface area contributed by atoms with E-state index in [1.54, 1.807) is 11.8 Å². The van der Waals surface area contributed by atoms with Gasteiger partial charge in [-0.15, -0.1) is 18.3 Å². The molecule has 2 rings (SSSR count). The van der Waals surface area contributed by atoms with E-state index in [4.69, 9.17) is 0 Å². The van der Waals surface area contributed by atoms with Crippen molar-refractivity contribution >= 4 is 22.8 Å². The van der Waals surface area contributed by atoms with Crippen LogP contribution in [-0.4, -0.2) is 15.7 Å². The number of aromatic nitrogens is 2. The van der Waals surface area contributed by atoms with E-state index in [0.29, 0.717) is 0 Å². The second-order valence-corrected chi connectivity index (χ2v) is 4.21. The van der Waals surface area contributed by atoms with Gasteiger partial charge in [0.15, 0.2) is 0 Å². The summed E-state index contributed by atoms with van der Waals surface area (Å²) in [5, 5.41) is 0.994. The molecule has 0 radical (unpaired) electrons. The van der Waals surface area contributed by atoms with Gasteiger partial charge in [0.1, 0.15) is 5.03 Å². The summed E-state index contributed by atoms with van der Waals surface area (Å²) in [5.74, 6) is 0.869. The fourth-order valence-corrected chi connectivity index (χ4v) is 2.04. The Hall–Kier alpha value is -1.35. The Morgan fingerprint density at radius 3 is 2.60 bits per heavy atom. The smallest absolute Gasteiger partial charge is 0.118 e. The first-order valence-electron chi connectivity index (χ1n) is 4.78. The molecular weight excluding hydrogens is 204 g/mol. The molecule has 76 valence electrons. The third-order valence-corrected chi connectivity index (χ3v) is 3.10. The molecule has 0 spiro atoms. The van der Waals surface area contributed by atoms with Crippen molar-refractivity contribution in [2.45, 2.75) is 11.9 Å². The minimum absolute atomic E-state index is 0.869. The second-order valence-electron chi connectivity index (χ2n) is 3.20. The van der Waals surface area contributed by atoms with E-state index in [1.807, 2.05) is 37.3 Å². The van der Waals surface area contributed by atoms with Crippen LogP contribution >= 0.6 is 11.8 Å². The minimum Gasteiger partial charge on any atom is -0.249 e. The maximum Gasteiger partial charge on any atom is 0.118 e. The number of nitrogens with zero attached hydrogens (tertiary/aromatic N) is 2. The molecule has 2 aromatic rings. The average molecular weight is 216 g/mol. The van der Waals surface area contributed by atoms with Crippen LogP contribution in [0.5, 0.6) is 0 Å². The van der Waals surface area contributed by atoms with E-state index in [1.165, 1.54) is 0 Å². The van der Waals surface area contributed by atoms with Crippen LogP contribution in [0.15, 0.2) is 41.9 Å². The third-order valence-electron chi connectivity index (χ3n) is 2.04. The first-order valence-corrected chi connectivity index (χ1v) is 5.77. The van der Waals surface area contributed by atoms with E-state index in [0.717, 1.165) is 27.5 Å². The van der Waals surface area contributed by atoms with Crippen LogP contribution in [0.1, 0.15) is 5.69 Å². The van der Waals surface area contributed by atoms with Crippen molar-refractivity contribution in [3.63, 3.8) is 0 Å². The highest BCUT2D eigenvalue weighted by Gasteiger charge is 2.03. The summed E-state index contributed by atoms with van der Waals surface area (Å²) in [5.41, 5.74) is 2.90. The first-order chi connectivity index (χ1) is 7.31. The average Bonchev–Trinajstić information content (AvgIpc) is 2.26. The molecule has 0 unspecified atom stereocenters. The SMILES string of the molecule is C=CCSc1nc2ccccc2nc1C. The highest BCUT2D eigenvalue weighted by Crippen LogP contribution is 2.21. The molecule has 0 atom stereocenters. The van der Waals surface area contributed by atoms with Crippen LogP contribution in [0.2, 0.25) is 0 Å². The molecule has 0 aliphatic heterocycles. The van der Waals surface area contributed by atoms with Crippen molar-refractivity contribution in [1.82, 2.24) is 9.97 Å². The molecule has 1 heterocycles. The third kappa shape index (κ3) is 2.18. The summed E-state index contributed by atoms with van der Waals surface area (Å²) >= 11 is 1.67. The van der Waals surface area contributed by atoms with Gasteiger partial charge in [-0.1, -0.05) is 18.2 Å². The number of fused-ring (bicyclic) bond motifs is 1. The van der Waals surface area contributed by atoms with Crippen LogP contribution in [0.25, 0.3) is 11.0 Å². The highest BCUT2D eigenvalue weighted by molar-refractivity contribution is 7.99. The van der Waals surface area contributed by atoms with E-state index < -0.39 is 0 Å². The fraction of sp³-hybridized carbons (Fsp3) is 0.167. The van der Waals surface area contributed by atoms with Crippen LogP contribution in [0.4, 0.5) is 0 Å². The van der Waals surface area contributed by atoms with Gasteiger partial charge in [0, 0.05) is 5.75 Å². The number of aryl methyl sites for hydroxylation is 1. The lowest BCUT2D eigenvalue weighted by molar-refractivity contribution is 1.04. The Morgan fingerprint density at radius 2 is 1.93 bits per heavy atom. The largest absolute Gasteiger partial charge is 0.249 e. The maximum atomic E-state index is 4.56. The summed E-state index contributed by atoms with van der Waals surface area (Å²) in [7, 11) is 0. The van der Waals surface area contributed by atoms with Gasteiger partial charge >= 0.3 is 0 Å². The number of thioether (sulfide) groups is 1. The van der Waals surface area contributed by atoms with Crippen LogP contribution in [0.3, 0.4) is 0 Å². The van der Waals surface area contributed by atoms with Gasteiger partial charge < -0.3 is 0 Å². The molecule has 0 fully saturated rings. The van der Waals surface area contributed by atoms with Gasteiger partial charge in [-0.05, 0) is 19.1 Å². The van der Waals surface area contributed by atoms with Crippen molar-refractivity contribution in [2.24, 2.45) is 0 Å². The zero-order valence-corrected chi connectivity index (χ0v) is 9.42. The Labute approximate surface area is 93.4 Å². The lowest BCUT2D eigenvalue weighted by Gasteiger charge is -2.04. The van der Waals surface area contributed by atoms with Crippen LogP contribution < -0.4 is 0 Å². The molecule has 0 aliphatic rings. The molecule has 2 nitrogen and oxygen atoms in total. The summed E-state index contributed by atoms with van der Waals surface area (Å²) < 4.78 is 0. The predicted molar refractivity (Wildman–Crippen MR) is 65.2 cm³/mol. The molecule has 0 bridgehead atoms. The molecule has 0 saturated carbocycles. The number of hydrogen-bond acceptors (Lipinski definition) is 3. The van der Waals surface area contributed by atoms with Crippen molar-refractivity contribution in [2.75, 3.05) is 5.75 Å². The maximum absolute atomic E-state index is 4.56. The van der Waals surface area contributed by atoms with Gasteiger partial charge in [-0.2, -0.15) is 0 Å². The quantitative estimate of drug-likeness (QED) is 0.582. The molecule has 1 aromatic carbocycles. The molecule has 15 heavy (non-hydrogen) atoms. The fourth-order valence-electron chi connectivity index (χ4n) is 1.35. The second kappa shape index (κ2) is 4.45. The molecule has 1 aromatic heterocycles. The van der Waals surface area contributed by atoms with Gasteiger partial charge in [0.25, 0.3) is 0 Å². The molecule has 0 N–H and O–H groups in total. The Bertz CT molecular complexity index is 494. The van der Waals surface area contributed by atoms with Crippen LogP contribution in [-0.2, 0) is 0 Å². The monoisotopic (exact) mass is 216 g/mol. The first kappa shape index (κ1) is 10.2. The molecule has 0 aliphatic carbocycles. The molecule has 3 heteroatoms. The zero-order valence-electron chi connectivity index (χ0n) is 8.60. The zero-order chi connectivity index (χ0) is 10.7. The highest BCUT2D eigenvalue weighted by atomic mass is 32.2. The van der Waals surface area contributed by atoms with Crippen molar-refractivity contribution in [1.29, 1.82) is 0 Å². The minimum atomic E-state index is 0.869. The van der Waals surface area contributed by atoms with Gasteiger partial charge in [-0.25, -0.2) is 9.97 Å². The van der Waals surface area contributed by atoms with E-state index >= 15 is 0 Å². The van der Waals surface area contributed by atoms with Crippen molar-refractivity contribution in [3.05, 3.63) is 42.6 Å². The Morgan fingerprint density at radius 1 is 1.27 bits per heavy atom. The lowest BCUT2D eigenvalue weighted by atomic mass is 10.3. The van der Waals surface area contributed by atoms with Crippen molar-refractivity contribution in [3.8, 4) is 0 Å². The van der Waals surface area contributed by atoms with Gasteiger partial charge in [0.05, 0.1) is 16.7 Å². The Balaban J connectivity index is 2.47. The number of rotatable bonds is 3. The van der Waals surface area contributed by atoms with E-state index in [-0.39, 0.29) is 0 Å².